The second-order valence-electron chi connectivity index (χ2n) is 9.08. The van der Waals surface area contributed by atoms with Gasteiger partial charge in [-0.1, -0.05) is 42.7 Å². The summed E-state index contributed by atoms with van der Waals surface area (Å²) in [4.78, 5) is 17.9. The van der Waals surface area contributed by atoms with Crippen molar-refractivity contribution in [3.8, 4) is 0 Å². The Balaban J connectivity index is 1.38. The van der Waals surface area contributed by atoms with E-state index in [1.54, 1.807) is 30.3 Å². The molecule has 5 rings (SSSR count). The van der Waals surface area contributed by atoms with Crippen LogP contribution in [0, 0.1) is 5.82 Å². The Kier molecular flexibility index (Phi) is 7.15. The minimum atomic E-state index is -3.56. The van der Waals surface area contributed by atoms with E-state index in [0.717, 1.165) is 44.9 Å². The van der Waals surface area contributed by atoms with Gasteiger partial charge >= 0.3 is 0 Å². The van der Waals surface area contributed by atoms with Gasteiger partial charge in [-0.15, -0.1) is 0 Å². The van der Waals surface area contributed by atoms with E-state index < -0.39 is 16.1 Å². The van der Waals surface area contributed by atoms with Crippen molar-refractivity contribution < 1.29 is 22.3 Å². The fourth-order valence-electron chi connectivity index (χ4n) is 4.70. The van der Waals surface area contributed by atoms with Crippen LogP contribution < -0.4 is 5.32 Å². The first-order valence-corrected chi connectivity index (χ1v) is 14.3. The predicted molar refractivity (Wildman–Crippen MR) is 133 cm³/mol. The third-order valence-corrected chi connectivity index (χ3v) is 9.43. The highest BCUT2D eigenvalue weighted by Crippen LogP contribution is 2.32. The average molecular weight is 518 g/mol. The third-order valence-electron chi connectivity index (χ3n) is 6.59. The maximum atomic E-state index is 13.5. The summed E-state index contributed by atoms with van der Waals surface area (Å²) in [5.41, 5.74) is 1.19. The number of hydrogen-bond acceptors (Lipinski definition) is 6. The van der Waals surface area contributed by atoms with E-state index in [0.29, 0.717) is 34.0 Å². The van der Waals surface area contributed by atoms with Gasteiger partial charge in [0, 0.05) is 13.1 Å². The molecule has 7 nitrogen and oxygen atoms in total. The van der Waals surface area contributed by atoms with Gasteiger partial charge in [0.1, 0.15) is 5.82 Å². The van der Waals surface area contributed by atoms with E-state index in [1.165, 1.54) is 27.8 Å². The highest BCUT2D eigenvalue weighted by molar-refractivity contribution is 7.89. The standard InChI is InChI=1S/C25H28FN3O4S2/c26-18-10-13-21-22(16-18)34-25(27-21)28-24(30)23(33-19-6-2-3-7-19)17-8-11-20(12-9-17)35(31,32)29-14-4-1-5-15-29/h8-13,16,19,23H,1-7,14-15H2,(H,27,28,30). The van der Waals surface area contributed by atoms with Gasteiger partial charge in [-0.3, -0.25) is 10.1 Å². The van der Waals surface area contributed by atoms with Crippen molar-refractivity contribution in [1.29, 1.82) is 0 Å². The molecular weight excluding hydrogens is 489 g/mol. The molecule has 1 aromatic heterocycles. The first-order valence-electron chi connectivity index (χ1n) is 12.0. The number of piperidine rings is 1. The molecule has 1 saturated carbocycles. The molecule has 1 aliphatic carbocycles. The van der Waals surface area contributed by atoms with Gasteiger partial charge in [-0.2, -0.15) is 4.31 Å². The number of rotatable bonds is 7. The van der Waals surface area contributed by atoms with Crippen LogP contribution in [0.5, 0.6) is 0 Å². The zero-order chi connectivity index (χ0) is 24.4. The first kappa shape index (κ1) is 24.3. The largest absolute Gasteiger partial charge is 0.360 e. The predicted octanol–water partition coefficient (Wildman–Crippen LogP) is 5.25. The lowest BCUT2D eigenvalue weighted by Gasteiger charge is -2.26. The van der Waals surface area contributed by atoms with Gasteiger partial charge in [0.2, 0.25) is 10.0 Å². The van der Waals surface area contributed by atoms with Crippen LogP contribution in [-0.2, 0) is 19.6 Å². The normalized spacial score (nSPS) is 18.7. The Bertz CT molecular complexity index is 1300. The molecule has 3 aromatic rings. The van der Waals surface area contributed by atoms with Crippen LogP contribution in [0.2, 0.25) is 0 Å². The molecular formula is C25H28FN3O4S2. The second kappa shape index (κ2) is 10.3. The molecule has 1 atom stereocenters. The molecule has 0 spiro atoms. The van der Waals surface area contributed by atoms with Crippen LogP contribution in [0.25, 0.3) is 10.2 Å². The average Bonchev–Trinajstić information content (AvgIpc) is 3.52. The monoisotopic (exact) mass is 517 g/mol. The number of ether oxygens (including phenoxy) is 1. The molecule has 35 heavy (non-hydrogen) atoms. The van der Waals surface area contributed by atoms with E-state index in [1.807, 2.05) is 0 Å². The third kappa shape index (κ3) is 5.40. The van der Waals surface area contributed by atoms with Crippen molar-refractivity contribution >= 4 is 42.6 Å². The SMILES string of the molecule is O=C(Nc1nc2ccc(F)cc2s1)C(OC1CCCC1)c1ccc(S(=O)(=O)N2CCCCC2)cc1. The van der Waals surface area contributed by atoms with Crippen LogP contribution in [0.4, 0.5) is 9.52 Å². The molecule has 1 aliphatic heterocycles. The summed E-state index contributed by atoms with van der Waals surface area (Å²) in [6.07, 6.45) is 5.70. The summed E-state index contributed by atoms with van der Waals surface area (Å²) >= 11 is 1.19. The number of benzene rings is 2. The first-order chi connectivity index (χ1) is 16.9. The van der Waals surface area contributed by atoms with Gasteiger partial charge < -0.3 is 4.74 Å². The number of anilines is 1. The molecule has 0 bridgehead atoms. The van der Waals surface area contributed by atoms with Gasteiger partial charge in [0.15, 0.2) is 11.2 Å². The zero-order valence-electron chi connectivity index (χ0n) is 19.3. The molecule has 2 aromatic carbocycles. The number of hydrogen-bond donors (Lipinski definition) is 1. The van der Waals surface area contributed by atoms with Crippen molar-refractivity contribution in [3.05, 3.63) is 53.8 Å². The van der Waals surface area contributed by atoms with Crippen LogP contribution in [0.15, 0.2) is 47.4 Å². The van der Waals surface area contributed by atoms with Crippen molar-refractivity contribution in [3.63, 3.8) is 0 Å². The fourth-order valence-corrected chi connectivity index (χ4v) is 7.11. The Labute approximate surface area is 208 Å². The molecule has 1 amide bonds. The van der Waals surface area contributed by atoms with Gasteiger partial charge in [0.05, 0.1) is 21.2 Å². The quantitative estimate of drug-likeness (QED) is 0.463. The van der Waals surface area contributed by atoms with E-state index in [9.17, 15) is 17.6 Å². The van der Waals surface area contributed by atoms with E-state index in [2.05, 4.69) is 10.3 Å². The molecule has 1 saturated heterocycles. The Hall–Kier alpha value is -2.40. The fraction of sp³-hybridized carbons (Fsp3) is 0.440. The summed E-state index contributed by atoms with van der Waals surface area (Å²) < 4.78 is 48.0. The van der Waals surface area contributed by atoms with Crippen molar-refractivity contribution in [2.24, 2.45) is 0 Å². The number of carbonyl (C=O) groups excluding carboxylic acids is 1. The molecule has 0 radical (unpaired) electrons. The van der Waals surface area contributed by atoms with Crippen LogP contribution >= 0.6 is 11.3 Å². The van der Waals surface area contributed by atoms with E-state index in [4.69, 9.17) is 4.74 Å². The molecule has 2 heterocycles. The zero-order valence-corrected chi connectivity index (χ0v) is 20.9. The Morgan fingerprint density at radius 3 is 2.49 bits per heavy atom. The lowest BCUT2D eigenvalue weighted by molar-refractivity contribution is -0.131. The highest BCUT2D eigenvalue weighted by Gasteiger charge is 2.30. The molecule has 186 valence electrons. The van der Waals surface area contributed by atoms with E-state index >= 15 is 0 Å². The number of sulfonamides is 1. The number of nitrogens with one attached hydrogen (secondary N) is 1. The number of fused-ring (bicyclic) bond motifs is 1. The number of nitrogens with zero attached hydrogens (tertiary/aromatic N) is 2. The summed E-state index contributed by atoms with van der Waals surface area (Å²) in [6, 6.07) is 10.7. The topological polar surface area (TPSA) is 88.6 Å². The lowest BCUT2D eigenvalue weighted by atomic mass is 10.1. The van der Waals surface area contributed by atoms with Gasteiger partial charge in [-0.05, 0) is 61.6 Å². The van der Waals surface area contributed by atoms with Crippen molar-refractivity contribution in [2.75, 3.05) is 18.4 Å². The molecule has 2 aliphatic rings. The lowest BCUT2D eigenvalue weighted by Crippen LogP contribution is -2.35. The highest BCUT2D eigenvalue weighted by atomic mass is 32.2. The van der Waals surface area contributed by atoms with Crippen molar-refractivity contribution in [1.82, 2.24) is 9.29 Å². The van der Waals surface area contributed by atoms with E-state index in [-0.39, 0.29) is 22.7 Å². The summed E-state index contributed by atoms with van der Waals surface area (Å²) in [5.74, 6) is -0.746. The molecule has 10 heteroatoms. The number of carbonyl (C=O) groups is 1. The van der Waals surface area contributed by atoms with Gasteiger partial charge in [0.25, 0.3) is 5.91 Å². The molecule has 1 unspecified atom stereocenters. The minimum absolute atomic E-state index is 0.0352. The molecule has 2 fully saturated rings. The van der Waals surface area contributed by atoms with Gasteiger partial charge in [-0.25, -0.2) is 17.8 Å². The summed E-state index contributed by atoms with van der Waals surface area (Å²) in [6.45, 7) is 1.07. The number of amides is 1. The smallest absolute Gasteiger partial charge is 0.259 e. The Morgan fingerprint density at radius 1 is 1.06 bits per heavy atom. The minimum Gasteiger partial charge on any atom is -0.360 e. The summed E-state index contributed by atoms with van der Waals surface area (Å²) in [7, 11) is -3.56. The number of halogens is 1. The van der Waals surface area contributed by atoms with Crippen LogP contribution in [0.1, 0.15) is 56.6 Å². The maximum Gasteiger partial charge on any atom is 0.259 e. The molecule has 1 N–H and O–H groups in total. The number of thiazole rings is 1. The second-order valence-corrected chi connectivity index (χ2v) is 12.0. The van der Waals surface area contributed by atoms with Crippen LogP contribution in [0.3, 0.4) is 0 Å². The van der Waals surface area contributed by atoms with Crippen molar-refractivity contribution in [2.45, 2.75) is 62.0 Å². The maximum absolute atomic E-state index is 13.5. The summed E-state index contributed by atoms with van der Waals surface area (Å²) in [5, 5.41) is 3.18. The Morgan fingerprint density at radius 2 is 1.77 bits per heavy atom. The van der Waals surface area contributed by atoms with Crippen LogP contribution in [-0.4, -0.2) is 42.8 Å². The number of aromatic nitrogens is 1.